The lowest BCUT2D eigenvalue weighted by molar-refractivity contribution is 0.0351. The van der Waals surface area contributed by atoms with Crippen molar-refractivity contribution in [3.05, 3.63) is 59.4 Å². The SMILES string of the molecule is COc1cnccc1C(=O)CC1OCCc2ccccc21. The van der Waals surface area contributed by atoms with E-state index in [1.54, 1.807) is 25.6 Å². The standard InChI is InChI=1S/C17H17NO3/c1-20-17-11-18-8-6-14(17)15(19)10-16-13-5-3-2-4-12(13)7-9-21-16/h2-6,8,11,16H,7,9-10H2,1H3. The van der Waals surface area contributed by atoms with Crippen molar-refractivity contribution in [3.63, 3.8) is 0 Å². The molecule has 4 nitrogen and oxygen atoms in total. The Morgan fingerprint density at radius 3 is 3.10 bits per heavy atom. The molecule has 0 bridgehead atoms. The van der Waals surface area contributed by atoms with E-state index in [1.165, 1.54) is 5.56 Å². The fourth-order valence-electron chi connectivity index (χ4n) is 2.70. The molecule has 0 fully saturated rings. The summed E-state index contributed by atoms with van der Waals surface area (Å²) in [6, 6.07) is 9.83. The van der Waals surface area contributed by atoms with Gasteiger partial charge in [-0.1, -0.05) is 24.3 Å². The number of ether oxygens (including phenoxy) is 2. The van der Waals surface area contributed by atoms with Crippen molar-refractivity contribution in [2.75, 3.05) is 13.7 Å². The zero-order valence-corrected chi connectivity index (χ0v) is 11.9. The molecule has 0 radical (unpaired) electrons. The number of aromatic nitrogens is 1. The number of pyridine rings is 1. The topological polar surface area (TPSA) is 48.4 Å². The molecule has 0 saturated heterocycles. The number of carbonyl (C=O) groups excluding carboxylic acids is 1. The summed E-state index contributed by atoms with van der Waals surface area (Å²) >= 11 is 0. The smallest absolute Gasteiger partial charge is 0.169 e. The first-order valence-electron chi connectivity index (χ1n) is 7.00. The molecule has 0 amide bonds. The second kappa shape index (κ2) is 6.06. The van der Waals surface area contributed by atoms with Gasteiger partial charge in [0, 0.05) is 12.6 Å². The van der Waals surface area contributed by atoms with Crippen LogP contribution in [-0.2, 0) is 11.2 Å². The molecule has 0 N–H and O–H groups in total. The molecule has 2 heterocycles. The van der Waals surface area contributed by atoms with E-state index >= 15 is 0 Å². The van der Waals surface area contributed by atoms with Crippen LogP contribution in [-0.4, -0.2) is 24.5 Å². The molecule has 4 heteroatoms. The molecule has 0 spiro atoms. The second-order valence-corrected chi connectivity index (χ2v) is 5.01. The van der Waals surface area contributed by atoms with Crippen LogP contribution in [0.1, 0.15) is 34.0 Å². The summed E-state index contributed by atoms with van der Waals surface area (Å²) in [6.45, 7) is 0.655. The van der Waals surface area contributed by atoms with E-state index < -0.39 is 0 Å². The van der Waals surface area contributed by atoms with Crippen molar-refractivity contribution in [1.82, 2.24) is 4.98 Å². The lowest BCUT2D eigenvalue weighted by Gasteiger charge is -2.25. The molecule has 1 aromatic heterocycles. The van der Waals surface area contributed by atoms with Crippen molar-refractivity contribution in [2.24, 2.45) is 0 Å². The highest BCUT2D eigenvalue weighted by atomic mass is 16.5. The quantitative estimate of drug-likeness (QED) is 0.809. The summed E-state index contributed by atoms with van der Waals surface area (Å²) in [4.78, 5) is 16.5. The van der Waals surface area contributed by atoms with Crippen LogP contribution in [0.3, 0.4) is 0 Å². The number of benzene rings is 1. The number of ketones is 1. The van der Waals surface area contributed by atoms with Gasteiger partial charge in [0.25, 0.3) is 0 Å². The molecule has 21 heavy (non-hydrogen) atoms. The number of hydrogen-bond donors (Lipinski definition) is 0. The van der Waals surface area contributed by atoms with Crippen LogP contribution in [0.2, 0.25) is 0 Å². The van der Waals surface area contributed by atoms with Crippen LogP contribution >= 0.6 is 0 Å². The van der Waals surface area contributed by atoms with Gasteiger partial charge in [0.1, 0.15) is 5.75 Å². The number of carbonyl (C=O) groups is 1. The molecular weight excluding hydrogens is 266 g/mol. The minimum Gasteiger partial charge on any atom is -0.494 e. The Labute approximate surface area is 123 Å². The molecule has 2 aromatic rings. The molecule has 0 aliphatic carbocycles. The Kier molecular flexibility index (Phi) is 3.97. The van der Waals surface area contributed by atoms with Gasteiger partial charge in [-0.2, -0.15) is 0 Å². The third kappa shape index (κ3) is 2.81. The Morgan fingerprint density at radius 2 is 2.24 bits per heavy atom. The van der Waals surface area contributed by atoms with Crippen LogP contribution in [0, 0.1) is 0 Å². The predicted molar refractivity (Wildman–Crippen MR) is 78.6 cm³/mol. The molecular formula is C17H17NO3. The minimum atomic E-state index is -0.180. The number of rotatable bonds is 4. The Morgan fingerprint density at radius 1 is 1.38 bits per heavy atom. The lowest BCUT2D eigenvalue weighted by atomic mass is 9.93. The minimum absolute atomic E-state index is 0.0101. The first-order valence-corrected chi connectivity index (χ1v) is 7.00. The molecule has 1 atom stereocenters. The Bertz CT molecular complexity index is 654. The number of methoxy groups -OCH3 is 1. The van der Waals surface area contributed by atoms with Gasteiger partial charge < -0.3 is 9.47 Å². The van der Waals surface area contributed by atoms with Crippen LogP contribution in [0.25, 0.3) is 0 Å². The molecule has 0 saturated carbocycles. The van der Waals surface area contributed by atoms with Crippen molar-refractivity contribution >= 4 is 5.78 Å². The van der Waals surface area contributed by atoms with E-state index in [4.69, 9.17) is 9.47 Å². The second-order valence-electron chi connectivity index (χ2n) is 5.01. The molecule has 1 aromatic carbocycles. The van der Waals surface area contributed by atoms with E-state index in [2.05, 4.69) is 11.1 Å². The monoisotopic (exact) mass is 283 g/mol. The maximum Gasteiger partial charge on any atom is 0.169 e. The number of nitrogens with zero attached hydrogens (tertiary/aromatic N) is 1. The molecule has 1 unspecified atom stereocenters. The third-order valence-electron chi connectivity index (χ3n) is 3.77. The average Bonchev–Trinajstić information content (AvgIpc) is 2.55. The fourth-order valence-corrected chi connectivity index (χ4v) is 2.70. The zero-order chi connectivity index (χ0) is 14.7. The van der Waals surface area contributed by atoms with Gasteiger partial charge in [0.05, 0.1) is 31.6 Å². The Balaban J connectivity index is 1.83. The number of hydrogen-bond acceptors (Lipinski definition) is 4. The summed E-state index contributed by atoms with van der Waals surface area (Å²) in [5, 5.41) is 0. The van der Waals surface area contributed by atoms with E-state index in [0.717, 1.165) is 12.0 Å². The molecule has 1 aliphatic heterocycles. The lowest BCUT2D eigenvalue weighted by Crippen LogP contribution is -2.19. The maximum absolute atomic E-state index is 12.5. The van der Waals surface area contributed by atoms with Crippen molar-refractivity contribution < 1.29 is 14.3 Å². The van der Waals surface area contributed by atoms with Crippen LogP contribution in [0.15, 0.2) is 42.7 Å². The number of fused-ring (bicyclic) bond motifs is 1. The van der Waals surface area contributed by atoms with Crippen molar-refractivity contribution in [1.29, 1.82) is 0 Å². The van der Waals surface area contributed by atoms with Gasteiger partial charge in [-0.05, 0) is 23.6 Å². The van der Waals surface area contributed by atoms with Gasteiger partial charge >= 0.3 is 0 Å². The normalized spacial score (nSPS) is 17.1. The predicted octanol–water partition coefficient (Wildman–Crippen LogP) is 2.98. The molecule has 1 aliphatic rings. The average molecular weight is 283 g/mol. The van der Waals surface area contributed by atoms with Crippen molar-refractivity contribution in [3.8, 4) is 5.75 Å². The Hall–Kier alpha value is -2.20. The fraction of sp³-hybridized carbons (Fsp3) is 0.294. The first-order chi connectivity index (χ1) is 10.3. The highest BCUT2D eigenvalue weighted by Crippen LogP contribution is 2.31. The largest absolute Gasteiger partial charge is 0.494 e. The highest BCUT2D eigenvalue weighted by molar-refractivity contribution is 5.98. The van der Waals surface area contributed by atoms with Gasteiger partial charge in [-0.15, -0.1) is 0 Å². The van der Waals surface area contributed by atoms with Gasteiger partial charge in [-0.25, -0.2) is 0 Å². The van der Waals surface area contributed by atoms with Gasteiger partial charge in [0.2, 0.25) is 0 Å². The summed E-state index contributed by atoms with van der Waals surface area (Å²) < 4.78 is 11.0. The van der Waals surface area contributed by atoms with E-state index in [9.17, 15) is 4.79 Å². The van der Waals surface area contributed by atoms with Gasteiger partial charge in [0.15, 0.2) is 5.78 Å². The maximum atomic E-state index is 12.5. The highest BCUT2D eigenvalue weighted by Gasteiger charge is 2.24. The third-order valence-corrected chi connectivity index (χ3v) is 3.77. The van der Waals surface area contributed by atoms with Crippen LogP contribution in [0.5, 0.6) is 5.75 Å². The van der Waals surface area contributed by atoms with E-state index in [1.807, 2.05) is 18.2 Å². The zero-order valence-electron chi connectivity index (χ0n) is 11.9. The molecule has 3 rings (SSSR count). The summed E-state index contributed by atoms with van der Waals surface area (Å²) in [6.07, 6.45) is 4.20. The summed E-state index contributed by atoms with van der Waals surface area (Å²) in [5.41, 5.74) is 2.94. The summed E-state index contributed by atoms with van der Waals surface area (Å²) in [5.74, 6) is 0.516. The van der Waals surface area contributed by atoms with Crippen LogP contribution < -0.4 is 4.74 Å². The number of Topliss-reactive ketones (excluding diaryl/α,β-unsaturated/α-hetero) is 1. The van der Waals surface area contributed by atoms with Crippen LogP contribution in [0.4, 0.5) is 0 Å². The molecule has 108 valence electrons. The van der Waals surface area contributed by atoms with Crippen molar-refractivity contribution in [2.45, 2.75) is 18.9 Å². The summed E-state index contributed by atoms with van der Waals surface area (Å²) in [7, 11) is 1.54. The van der Waals surface area contributed by atoms with E-state index in [-0.39, 0.29) is 11.9 Å². The van der Waals surface area contributed by atoms with Gasteiger partial charge in [-0.3, -0.25) is 9.78 Å². The van der Waals surface area contributed by atoms with E-state index in [0.29, 0.717) is 24.3 Å². The first kappa shape index (κ1) is 13.8.